The van der Waals surface area contributed by atoms with Gasteiger partial charge in [0.05, 0.1) is 6.54 Å². The first-order valence-electron chi connectivity index (χ1n) is 10.6. The summed E-state index contributed by atoms with van der Waals surface area (Å²) >= 11 is 0. The van der Waals surface area contributed by atoms with Gasteiger partial charge in [0.1, 0.15) is 35.7 Å². The number of pyridine rings is 1. The van der Waals surface area contributed by atoms with Gasteiger partial charge in [0.25, 0.3) is 0 Å². The van der Waals surface area contributed by atoms with E-state index in [9.17, 15) is 35.5 Å². The van der Waals surface area contributed by atoms with Crippen LogP contribution in [0, 0.1) is 11.6 Å². The van der Waals surface area contributed by atoms with Gasteiger partial charge in [-0.3, -0.25) is 4.98 Å². The van der Waals surface area contributed by atoms with Gasteiger partial charge < -0.3 is 9.29 Å². The Balaban J connectivity index is 1.65. The van der Waals surface area contributed by atoms with Crippen molar-refractivity contribution in [1.29, 1.82) is 0 Å². The van der Waals surface area contributed by atoms with Crippen molar-refractivity contribution < 1.29 is 48.4 Å². The average Bonchev–Trinajstić information content (AvgIpc) is 3.36. The molecule has 0 spiro atoms. The summed E-state index contributed by atoms with van der Waals surface area (Å²) in [6.07, 6.45) is 2.95. The maximum atomic E-state index is 15.8. The van der Waals surface area contributed by atoms with Crippen molar-refractivity contribution in [2.24, 2.45) is 0 Å². The first kappa shape index (κ1) is 28.0. The highest BCUT2D eigenvalue weighted by atomic mass is 32.2. The van der Waals surface area contributed by atoms with E-state index in [0.717, 1.165) is 59.9 Å². The number of aliphatic hydroxyl groups is 1. The summed E-state index contributed by atoms with van der Waals surface area (Å²) in [5.41, 5.74) is -10.5. The minimum absolute atomic E-state index is 0.174. The van der Waals surface area contributed by atoms with E-state index in [1.54, 1.807) is 0 Å². The van der Waals surface area contributed by atoms with Crippen LogP contribution in [0.3, 0.4) is 0 Å². The second-order valence-electron chi connectivity index (χ2n) is 8.09. The maximum absolute atomic E-state index is 15.8. The molecule has 0 aliphatic rings. The van der Waals surface area contributed by atoms with E-state index in [1.165, 1.54) is 0 Å². The Morgan fingerprint density at radius 3 is 2.13 bits per heavy atom. The monoisotopic (exact) mass is 576 g/mol. The summed E-state index contributed by atoms with van der Waals surface area (Å²) in [5.74, 6) is -7.42. The van der Waals surface area contributed by atoms with Crippen LogP contribution in [0.5, 0.6) is 5.75 Å². The van der Waals surface area contributed by atoms with E-state index in [2.05, 4.69) is 19.2 Å². The molecule has 4 aromatic rings. The molecular weight excluding hydrogens is 561 g/mol. The van der Waals surface area contributed by atoms with Crippen molar-refractivity contribution in [2.75, 3.05) is 0 Å². The van der Waals surface area contributed by atoms with Crippen molar-refractivity contribution in [2.45, 2.75) is 23.6 Å². The van der Waals surface area contributed by atoms with Gasteiger partial charge in [0.2, 0.25) is 0 Å². The Kier molecular flexibility index (Phi) is 7.12. The smallest absolute Gasteiger partial charge is 0.377 e. The molecule has 16 heteroatoms. The molecule has 0 saturated heterocycles. The maximum Gasteiger partial charge on any atom is 0.534 e. The SMILES string of the molecule is O=S(=O)(Oc1ccc(-c2ccc(C(F)(F)C(O)(Cn3cncn3)c3ccc(F)cc3F)nc2)cc1)C(F)(F)F. The third kappa shape index (κ3) is 5.42. The topological polar surface area (TPSA) is 107 Å². The van der Waals surface area contributed by atoms with Gasteiger partial charge >= 0.3 is 21.5 Å². The molecule has 0 radical (unpaired) electrons. The van der Waals surface area contributed by atoms with E-state index in [1.807, 2.05) is 0 Å². The normalized spacial score (nSPS) is 14.2. The average molecular weight is 576 g/mol. The van der Waals surface area contributed by atoms with Crippen LogP contribution in [-0.2, 0) is 28.2 Å². The molecule has 2 heterocycles. The number of alkyl halides is 5. The number of hydrogen-bond acceptors (Lipinski definition) is 7. The molecule has 0 bridgehead atoms. The Morgan fingerprint density at radius 1 is 0.923 bits per heavy atom. The van der Waals surface area contributed by atoms with Crippen LogP contribution in [0.15, 0.2) is 73.4 Å². The van der Waals surface area contributed by atoms with Gasteiger partial charge in [0, 0.05) is 23.4 Å². The lowest BCUT2D eigenvalue weighted by Gasteiger charge is -2.36. The largest absolute Gasteiger partial charge is 0.534 e. The highest BCUT2D eigenvalue weighted by molar-refractivity contribution is 7.88. The van der Waals surface area contributed by atoms with E-state index < -0.39 is 62.3 Å². The molecule has 2 aromatic carbocycles. The highest BCUT2D eigenvalue weighted by Gasteiger charge is 2.58. The summed E-state index contributed by atoms with van der Waals surface area (Å²) in [5, 5.41) is 14.9. The molecule has 1 unspecified atom stereocenters. The lowest BCUT2D eigenvalue weighted by molar-refractivity contribution is -0.207. The molecular formula is C23H15F7N4O4S. The van der Waals surface area contributed by atoms with Crippen molar-refractivity contribution in [1.82, 2.24) is 19.7 Å². The molecule has 206 valence electrons. The molecule has 0 aliphatic carbocycles. The van der Waals surface area contributed by atoms with Gasteiger partial charge in [0.15, 0.2) is 5.60 Å². The van der Waals surface area contributed by atoms with Gasteiger partial charge in [-0.05, 0) is 35.9 Å². The molecule has 0 saturated carbocycles. The van der Waals surface area contributed by atoms with Crippen molar-refractivity contribution >= 4 is 10.1 Å². The number of benzene rings is 2. The molecule has 0 fully saturated rings. The zero-order valence-electron chi connectivity index (χ0n) is 19.2. The fourth-order valence-electron chi connectivity index (χ4n) is 3.57. The van der Waals surface area contributed by atoms with E-state index in [-0.39, 0.29) is 11.1 Å². The molecule has 1 atom stereocenters. The molecule has 4 rings (SSSR count). The molecule has 2 aromatic heterocycles. The summed E-state index contributed by atoms with van der Waals surface area (Å²) in [6, 6.07) is 7.80. The van der Waals surface area contributed by atoms with Crippen LogP contribution in [0.1, 0.15) is 11.3 Å². The highest BCUT2D eigenvalue weighted by Crippen LogP contribution is 2.47. The molecule has 0 aliphatic heterocycles. The molecule has 0 amide bonds. The molecule has 1 N–H and O–H groups in total. The summed E-state index contributed by atoms with van der Waals surface area (Å²) in [6.45, 7) is -0.992. The van der Waals surface area contributed by atoms with Crippen molar-refractivity contribution in [3.63, 3.8) is 0 Å². The van der Waals surface area contributed by atoms with Crippen molar-refractivity contribution in [3.8, 4) is 16.9 Å². The Hall–Kier alpha value is -4.05. The third-order valence-electron chi connectivity index (χ3n) is 5.52. The summed E-state index contributed by atoms with van der Waals surface area (Å²) in [4.78, 5) is 7.28. The molecule has 8 nitrogen and oxygen atoms in total. The van der Waals surface area contributed by atoms with Gasteiger partial charge in [-0.1, -0.05) is 18.2 Å². The lowest BCUT2D eigenvalue weighted by atomic mass is 9.84. The second-order valence-corrected chi connectivity index (χ2v) is 9.63. The van der Waals surface area contributed by atoms with Crippen LogP contribution in [0.2, 0.25) is 0 Å². The Bertz CT molecular complexity index is 1560. The third-order valence-corrected chi connectivity index (χ3v) is 6.49. The second kappa shape index (κ2) is 9.92. The van der Waals surface area contributed by atoms with Gasteiger partial charge in [-0.2, -0.15) is 35.5 Å². The number of hydrogen-bond donors (Lipinski definition) is 1. The Labute approximate surface area is 215 Å². The first-order chi connectivity index (χ1) is 18.1. The first-order valence-corrected chi connectivity index (χ1v) is 12.0. The fraction of sp³-hybridized carbons (Fsp3) is 0.174. The predicted molar refractivity (Wildman–Crippen MR) is 119 cm³/mol. The van der Waals surface area contributed by atoms with E-state index >= 15 is 8.78 Å². The van der Waals surface area contributed by atoms with Crippen LogP contribution >= 0.6 is 0 Å². The quantitative estimate of drug-likeness (QED) is 0.187. The van der Waals surface area contributed by atoms with E-state index in [0.29, 0.717) is 18.2 Å². The standard InChI is InChI=1S/C23H15F7N4O4S/c24-16-4-7-18(19(25)9-16)21(35,11-34-13-31-12-33-34)22(26,27)20-8-3-15(10-32-20)14-1-5-17(6-2-14)38-39(36,37)23(28,29)30/h1-10,12-13,35H,11H2. The minimum Gasteiger partial charge on any atom is -0.377 e. The zero-order valence-corrected chi connectivity index (χ0v) is 20.0. The lowest BCUT2D eigenvalue weighted by Crippen LogP contribution is -2.48. The fourth-order valence-corrected chi connectivity index (χ4v) is 4.03. The van der Waals surface area contributed by atoms with Crippen LogP contribution in [0.4, 0.5) is 30.7 Å². The minimum atomic E-state index is -5.89. The van der Waals surface area contributed by atoms with E-state index in [4.69, 9.17) is 0 Å². The summed E-state index contributed by atoms with van der Waals surface area (Å²) < 4.78 is 124. The number of aromatic nitrogens is 4. The number of nitrogens with zero attached hydrogens (tertiary/aromatic N) is 4. The van der Waals surface area contributed by atoms with Crippen LogP contribution in [0.25, 0.3) is 11.1 Å². The Morgan fingerprint density at radius 2 is 1.59 bits per heavy atom. The predicted octanol–water partition coefficient (Wildman–Crippen LogP) is 4.53. The van der Waals surface area contributed by atoms with Crippen LogP contribution in [-0.4, -0.2) is 38.8 Å². The van der Waals surface area contributed by atoms with Gasteiger partial charge in [-0.25, -0.2) is 18.4 Å². The summed E-state index contributed by atoms with van der Waals surface area (Å²) in [7, 11) is -5.89. The number of halogens is 7. The number of rotatable bonds is 8. The zero-order chi connectivity index (χ0) is 28.6. The van der Waals surface area contributed by atoms with Crippen LogP contribution < -0.4 is 4.18 Å². The molecule has 39 heavy (non-hydrogen) atoms. The van der Waals surface area contributed by atoms with Crippen molar-refractivity contribution in [3.05, 3.63) is 96.3 Å². The van der Waals surface area contributed by atoms with Gasteiger partial charge in [-0.15, -0.1) is 0 Å².